The number of hydrogen-bond donors (Lipinski definition) is 1. The van der Waals surface area contributed by atoms with Crippen molar-refractivity contribution in [1.29, 1.82) is 0 Å². The van der Waals surface area contributed by atoms with Crippen LogP contribution in [0.1, 0.15) is 19.9 Å². The molecule has 10 heteroatoms. The monoisotopic (exact) mass is 425 g/mol. The number of ether oxygens (including phenoxy) is 1. The summed E-state index contributed by atoms with van der Waals surface area (Å²) in [5.74, 6) is -0.446. The van der Waals surface area contributed by atoms with Gasteiger partial charge in [-0.3, -0.25) is 9.40 Å². The van der Waals surface area contributed by atoms with Crippen LogP contribution >= 0.6 is 0 Å². The Morgan fingerprint density at radius 3 is 2.21 bits per heavy atom. The van der Waals surface area contributed by atoms with Crippen molar-refractivity contribution in [1.82, 2.24) is 9.78 Å². The van der Waals surface area contributed by atoms with E-state index >= 15 is 0 Å². The van der Waals surface area contributed by atoms with Crippen molar-refractivity contribution in [2.75, 3.05) is 4.72 Å². The number of halogens is 3. The number of hydrogen-bond acceptors (Lipinski definition) is 4. The molecule has 6 nitrogen and oxygen atoms in total. The van der Waals surface area contributed by atoms with Crippen molar-refractivity contribution in [3.8, 4) is 17.0 Å². The standard InChI is InChI=1S/C19H18F3N3O3S/c1-13(2)25-12-17(18(23-25)14-6-4-3-5-7-14)29(26,27)24-15-8-10-16(11-9-15)28-19(20,21)22/h3-13,24H,1-2H3. The summed E-state index contributed by atoms with van der Waals surface area (Å²) in [6.07, 6.45) is -3.40. The molecule has 0 aliphatic carbocycles. The SMILES string of the molecule is CC(C)n1cc(S(=O)(=O)Nc2ccc(OC(F)(F)F)cc2)c(-c2ccccc2)n1. The van der Waals surface area contributed by atoms with Crippen LogP contribution in [0, 0.1) is 0 Å². The molecule has 0 aliphatic heterocycles. The molecule has 0 aliphatic rings. The molecule has 0 saturated carbocycles. The number of anilines is 1. The summed E-state index contributed by atoms with van der Waals surface area (Å²) in [5, 5.41) is 4.39. The third kappa shape index (κ3) is 5.08. The predicted molar refractivity (Wildman–Crippen MR) is 102 cm³/mol. The highest BCUT2D eigenvalue weighted by Crippen LogP contribution is 2.29. The summed E-state index contributed by atoms with van der Waals surface area (Å²) in [6, 6.07) is 13.2. The molecule has 0 unspecified atom stereocenters. The lowest BCUT2D eigenvalue weighted by Crippen LogP contribution is -2.17. The summed E-state index contributed by atoms with van der Waals surface area (Å²) in [5.41, 5.74) is 1.00. The minimum Gasteiger partial charge on any atom is -0.406 e. The van der Waals surface area contributed by atoms with Crippen molar-refractivity contribution >= 4 is 15.7 Å². The minimum atomic E-state index is -4.82. The Kier molecular flexibility index (Phi) is 5.56. The van der Waals surface area contributed by atoms with Gasteiger partial charge in [-0.2, -0.15) is 5.10 Å². The largest absolute Gasteiger partial charge is 0.573 e. The second-order valence-corrected chi connectivity index (χ2v) is 8.11. The first-order valence-electron chi connectivity index (χ1n) is 8.58. The highest BCUT2D eigenvalue weighted by atomic mass is 32.2. The third-order valence-corrected chi connectivity index (χ3v) is 5.29. The first kappa shape index (κ1) is 20.7. The van der Waals surface area contributed by atoms with Crippen LogP contribution in [-0.4, -0.2) is 24.6 Å². The van der Waals surface area contributed by atoms with Crippen LogP contribution in [-0.2, 0) is 10.0 Å². The van der Waals surface area contributed by atoms with Gasteiger partial charge in [0.05, 0.1) is 0 Å². The van der Waals surface area contributed by atoms with Gasteiger partial charge in [0.25, 0.3) is 10.0 Å². The van der Waals surface area contributed by atoms with E-state index in [1.165, 1.54) is 23.0 Å². The molecule has 154 valence electrons. The molecule has 3 aromatic rings. The van der Waals surface area contributed by atoms with Crippen LogP contribution < -0.4 is 9.46 Å². The lowest BCUT2D eigenvalue weighted by molar-refractivity contribution is -0.274. The van der Waals surface area contributed by atoms with E-state index in [2.05, 4.69) is 14.6 Å². The number of benzene rings is 2. The Morgan fingerprint density at radius 1 is 1.03 bits per heavy atom. The summed E-state index contributed by atoms with van der Waals surface area (Å²) in [4.78, 5) is -0.0342. The van der Waals surface area contributed by atoms with E-state index in [0.29, 0.717) is 5.56 Å². The fourth-order valence-corrected chi connectivity index (χ4v) is 3.78. The van der Waals surface area contributed by atoms with Gasteiger partial charge >= 0.3 is 6.36 Å². The topological polar surface area (TPSA) is 73.2 Å². The van der Waals surface area contributed by atoms with Gasteiger partial charge in [-0.1, -0.05) is 30.3 Å². The molecule has 0 fully saturated rings. The summed E-state index contributed by atoms with van der Waals surface area (Å²) in [6.45, 7) is 3.73. The first-order valence-corrected chi connectivity index (χ1v) is 10.1. The Morgan fingerprint density at radius 2 is 1.66 bits per heavy atom. The molecule has 29 heavy (non-hydrogen) atoms. The molecule has 3 rings (SSSR count). The zero-order chi connectivity index (χ0) is 21.2. The lowest BCUT2D eigenvalue weighted by Gasteiger charge is -2.11. The number of nitrogens with one attached hydrogen (secondary N) is 1. The van der Waals surface area contributed by atoms with Gasteiger partial charge in [0, 0.05) is 23.5 Å². The molecule has 1 heterocycles. The maximum atomic E-state index is 13.0. The molecule has 0 radical (unpaired) electrons. The molecule has 1 N–H and O–H groups in total. The van der Waals surface area contributed by atoms with Crippen LogP contribution in [0.5, 0.6) is 5.75 Å². The van der Waals surface area contributed by atoms with E-state index in [0.717, 1.165) is 12.1 Å². The second kappa shape index (κ2) is 7.78. The molecular formula is C19H18F3N3O3S. The zero-order valence-electron chi connectivity index (χ0n) is 15.5. The van der Waals surface area contributed by atoms with Crippen molar-refractivity contribution in [3.63, 3.8) is 0 Å². The van der Waals surface area contributed by atoms with Crippen molar-refractivity contribution in [2.45, 2.75) is 31.1 Å². The van der Waals surface area contributed by atoms with Crippen molar-refractivity contribution < 1.29 is 26.3 Å². The molecule has 2 aromatic carbocycles. The van der Waals surface area contributed by atoms with Gasteiger partial charge in [0.15, 0.2) is 0 Å². The van der Waals surface area contributed by atoms with Gasteiger partial charge in [-0.25, -0.2) is 8.42 Å². The number of rotatable bonds is 6. The summed E-state index contributed by atoms with van der Waals surface area (Å²) in [7, 11) is -4.05. The second-order valence-electron chi connectivity index (χ2n) is 6.46. The molecule has 0 atom stereocenters. The van der Waals surface area contributed by atoms with Crippen LogP contribution in [0.2, 0.25) is 0 Å². The minimum absolute atomic E-state index is 0.0342. The van der Waals surface area contributed by atoms with Crippen LogP contribution in [0.3, 0.4) is 0 Å². The quantitative estimate of drug-likeness (QED) is 0.614. The maximum Gasteiger partial charge on any atom is 0.573 e. The molecule has 0 saturated heterocycles. The van der Waals surface area contributed by atoms with E-state index in [9.17, 15) is 21.6 Å². The van der Waals surface area contributed by atoms with Crippen molar-refractivity contribution in [3.05, 3.63) is 60.8 Å². The van der Waals surface area contributed by atoms with E-state index < -0.39 is 22.1 Å². The number of sulfonamides is 1. The van der Waals surface area contributed by atoms with E-state index in [1.54, 1.807) is 30.3 Å². The van der Waals surface area contributed by atoms with Crippen LogP contribution in [0.15, 0.2) is 65.7 Å². The zero-order valence-corrected chi connectivity index (χ0v) is 16.3. The number of nitrogens with zero attached hydrogens (tertiary/aromatic N) is 2. The maximum absolute atomic E-state index is 13.0. The molecule has 1 aromatic heterocycles. The average molecular weight is 425 g/mol. The fraction of sp³-hybridized carbons (Fsp3) is 0.211. The lowest BCUT2D eigenvalue weighted by atomic mass is 10.2. The Bertz CT molecular complexity index is 1080. The predicted octanol–water partition coefficient (Wildman–Crippen LogP) is 4.83. The van der Waals surface area contributed by atoms with Gasteiger partial charge in [0.2, 0.25) is 0 Å². The van der Waals surface area contributed by atoms with Gasteiger partial charge in [-0.05, 0) is 38.1 Å². The Labute approximate surface area is 166 Å². The number of alkyl halides is 3. The average Bonchev–Trinajstić information content (AvgIpc) is 3.09. The summed E-state index contributed by atoms with van der Waals surface area (Å²) < 4.78 is 70.4. The highest BCUT2D eigenvalue weighted by Gasteiger charge is 2.31. The Balaban J connectivity index is 1.93. The molecule has 0 bridgehead atoms. The van der Waals surface area contributed by atoms with Crippen LogP contribution in [0.25, 0.3) is 11.3 Å². The number of aromatic nitrogens is 2. The van der Waals surface area contributed by atoms with E-state index in [4.69, 9.17) is 0 Å². The van der Waals surface area contributed by atoms with Crippen LogP contribution in [0.4, 0.5) is 18.9 Å². The smallest absolute Gasteiger partial charge is 0.406 e. The molecular weight excluding hydrogens is 407 g/mol. The molecule has 0 spiro atoms. The summed E-state index contributed by atoms with van der Waals surface area (Å²) >= 11 is 0. The third-order valence-electron chi connectivity index (χ3n) is 3.90. The highest BCUT2D eigenvalue weighted by molar-refractivity contribution is 7.92. The fourth-order valence-electron chi connectivity index (χ4n) is 2.57. The molecule has 0 amide bonds. The Hall–Kier alpha value is -3.01. The van der Waals surface area contributed by atoms with Gasteiger partial charge in [-0.15, -0.1) is 13.2 Å². The van der Waals surface area contributed by atoms with Gasteiger partial charge < -0.3 is 4.74 Å². The van der Waals surface area contributed by atoms with Crippen molar-refractivity contribution in [2.24, 2.45) is 0 Å². The normalized spacial score (nSPS) is 12.2. The van der Waals surface area contributed by atoms with Gasteiger partial charge in [0.1, 0.15) is 16.3 Å². The van der Waals surface area contributed by atoms with E-state index in [-0.39, 0.29) is 22.3 Å². The van der Waals surface area contributed by atoms with E-state index in [1.807, 2.05) is 13.8 Å². The first-order chi connectivity index (χ1) is 13.5.